The average Bonchev–Trinajstić information content (AvgIpc) is 2.31. The minimum absolute atomic E-state index is 0.199. The normalized spacial score (nSPS) is 9.75. The van der Waals surface area contributed by atoms with Crippen molar-refractivity contribution >= 4 is 12.6 Å². The van der Waals surface area contributed by atoms with Crippen LogP contribution in [0.15, 0.2) is 52.3 Å². The minimum atomic E-state index is -0.199. The van der Waals surface area contributed by atoms with Crippen molar-refractivity contribution in [3.63, 3.8) is 0 Å². The maximum atomic E-state index is 11.7. The molecule has 2 rings (SSSR count). The second-order valence-corrected chi connectivity index (χ2v) is 3.62. The van der Waals surface area contributed by atoms with Crippen LogP contribution in [0.2, 0.25) is 0 Å². The number of nitriles is 1. The minimum Gasteiger partial charge on any atom is -0.270 e. The Labute approximate surface area is 98.0 Å². The van der Waals surface area contributed by atoms with Gasteiger partial charge in [-0.15, -0.1) is 12.6 Å². The first-order valence-corrected chi connectivity index (χ1v) is 5.09. The van der Waals surface area contributed by atoms with Gasteiger partial charge in [0, 0.05) is 11.8 Å². The number of aromatic nitrogens is 1. The molecule has 2 aromatic rings. The summed E-state index contributed by atoms with van der Waals surface area (Å²) in [6, 6.07) is 13.9. The van der Waals surface area contributed by atoms with Crippen LogP contribution in [0.25, 0.3) is 5.69 Å². The van der Waals surface area contributed by atoms with Crippen LogP contribution >= 0.6 is 12.6 Å². The molecule has 0 aliphatic heterocycles. The number of thiol groups is 1. The van der Waals surface area contributed by atoms with E-state index in [0.29, 0.717) is 16.3 Å². The van der Waals surface area contributed by atoms with Gasteiger partial charge in [-0.1, -0.05) is 18.2 Å². The second kappa shape index (κ2) is 4.25. The molecule has 0 aliphatic rings. The third-order valence-corrected chi connectivity index (χ3v) is 2.64. The van der Waals surface area contributed by atoms with Crippen LogP contribution in [0.4, 0.5) is 0 Å². The van der Waals surface area contributed by atoms with Crippen LogP contribution < -0.4 is 5.56 Å². The molecule has 3 nitrogen and oxygen atoms in total. The third-order valence-electron chi connectivity index (χ3n) is 2.20. The zero-order valence-corrected chi connectivity index (χ0v) is 9.19. The predicted molar refractivity (Wildman–Crippen MR) is 64.0 cm³/mol. The Hall–Kier alpha value is -1.99. The summed E-state index contributed by atoms with van der Waals surface area (Å²) in [5, 5.41) is 9.23. The average molecular weight is 228 g/mol. The van der Waals surface area contributed by atoms with Crippen molar-refractivity contribution in [2.45, 2.75) is 5.03 Å². The molecule has 0 N–H and O–H groups in total. The van der Waals surface area contributed by atoms with Gasteiger partial charge < -0.3 is 0 Å². The number of pyridine rings is 1. The first-order chi connectivity index (χ1) is 7.74. The lowest BCUT2D eigenvalue weighted by Gasteiger charge is -2.09. The molecule has 0 saturated heterocycles. The van der Waals surface area contributed by atoms with Crippen LogP contribution in [-0.4, -0.2) is 4.57 Å². The van der Waals surface area contributed by atoms with Crippen molar-refractivity contribution in [3.8, 4) is 11.8 Å². The van der Waals surface area contributed by atoms with Crippen molar-refractivity contribution in [1.29, 1.82) is 5.26 Å². The highest BCUT2D eigenvalue weighted by Crippen LogP contribution is 2.15. The maximum absolute atomic E-state index is 11.7. The lowest BCUT2D eigenvalue weighted by atomic mass is 10.2. The second-order valence-electron chi connectivity index (χ2n) is 3.19. The lowest BCUT2D eigenvalue weighted by molar-refractivity contribution is 0.872. The highest BCUT2D eigenvalue weighted by atomic mass is 32.1. The van der Waals surface area contributed by atoms with Crippen molar-refractivity contribution in [3.05, 3.63) is 58.4 Å². The topological polar surface area (TPSA) is 45.8 Å². The van der Waals surface area contributed by atoms with Gasteiger partial charge >= 0.3 is 0 Å². The monoisotopic (exact) mass is 228 g/mol. The molecule has 78 valence electrons. The summed E-state index contributed by atoms with van der Waals surface area (Å²) in [5.41, 5.74) is 0.886. The summed E-state index contributed by atoms with van der Waals surface area (Å²) in [4.78, 5) is 11.7. The van der Waals surface area contributed by atoms with Crippen molar-refractivity contribution in [1.82, 2.24) is 4.57 Å². The number of nitrogens with zero attached hydrogens (tertiary/aromatic N) is 2. The predicted octanol–water partition coefficient (Wildman–Crippen LogP) is 2.00. The highest BCUT2D eigenvalue weighted by Gasteiger charge is 2.07. The van der Waals surface area contributed by atoms with Gasteiger partial charge in [0.1, 0.15) is 6.07 Å². The van der Waals surface area contributed by atoms with E-state index in [-0.39, 0.29) is 5.56 Å². The Morgan fingerprint density at radius 1 is 1.12 bits per heavy atom. The van der Waals surface area contributed by atoms with Gasteiger partial charge in [0.05, 0.1) is 10.6 Å². The molecule has 0 saturated carbocycles. The Morgan fingerprint density at radius 3 is 2.44 bits per heavy atom. The Balaban J connectivity index is 2.76. The molecule has 0 bridgehead atoms. The number of hydrogen-bond acceptors (Lipinski definition) is 3. The van der Waals surface area contributed by atoms with E-state index >= 15 is 0 Å². The van der Waals surface area contributed by atoms with Crippen LogP contribution in [0.3, 0.4) is 0 Å². The van der Waals surface area contributed by atoms with Crippen molar-refractivity contribution in [2.24, 2.45) is 0 Å². The van der Waals surface area contributed by atoms with Crippen molar-refractivity contribution < 1.29 is 0 Å². The third kappa shape index (κ3) is 1.73. The molecule has 0 amide bonds. The zero-order chi connectivity index (χ0) is 11.5. The van der Waals surface area contributed by atoms with Gasteiger partial charge in [0.25, 0.3) is 5.56 Å². The molecule has 0 spiro atoms. The number of rotatable bonds is 1. The number of para-hydroxylation sites is 1. The first kappa shape index (κ1) is 10.5. The maximum Gasteiger partial charge on any atom is 0.256 e. The quantitative estimate of drug-likeness (QED) is 0.759. The van der Waals surface area contributed by atoms with E-state index in [1.165, 1.54) is 16.7 Å². The summed E-state index contributed by atoms with van der Waals surface area (Å²) >= 11 is 4.21. The molecule has 16 heavy (non-hydrogen) atoms. The van der Waals surface area contributed by atoms with Gasteiger partial charge in [0.15, 0.2) is 0 Å². The summed E-state index contributed by atoms with van der Waals surface area (Å²) in [6.45, 7) is 0. The first-order valence-electron chi connectivity index (χ1n) is 4.64. The molecule has 1 aromatic carbocycles. The zero-order valence-electron chi connectivity index (χ0n) is 8.29. The smallest absolute Gasteiger partial charge is 0.256 e. The lowest BCUT2D eigenvalue weighted by Crippen LogP contribution is -2.18. The number of benzene rings is 1. The van der Waals surface area contributed by atoms with Gasteiger partial charge in [-0.05, 0) is 18.2 Å². The van der Waals surface area contributed by atoms with E-state index in [9.17, 15) is 4.79 Å². The molecule has 0 radical (unpaired) electrons. The standard InChI is InChI=1S/C12H8N2OS/c13-8-9-6-7-11(15)14(12(9)16)10-4-2-1-3-5-10/h1-7,16H. The van der Waals surface area contributed by atoms with Gasteiger partial charge in [-0.25, -0.2) is 0 Å². The summed E-state index contributed by atoms with van der Waals surface area (Å²) < 4.78 is 1.40. The SMILES string of the molecule is N#Cc1ccc(=O)n(-c2ccccc2)c1S. The molecule has 0 fully saturated rings. The summed E-state index contributed by atoms with van der Waals surface area (Å²) in [5.74, 6) is 0. The molecule has 1 aromatic heterocycles. The van der Waals surface area contributed by atoms with Crippen LogP contribution in [0.5, 0.6) is 0 Å². The Morgan fingerprint density at radius 2 is 1.81 bits per heavy atom. The fraction of sp³-hybridized carbons (Fsp3) is 0. The Bertz CT molecular complexity index is 611. The molecule has 4 heteroatoms. The van der Waals surface area contributed by atoms with E-state index in [4.69, 9.17) is 5.26 Å². The van der Waals surface area contributed by atoms with Crippen LogP contribution in [-0.2, 0) is 0 Å². The van der Waals surface area contributed by atoms with Crippen molar-refractivity contribution in [2.75, 3.05) is 0 Å². The van der Waals surface area contributed by atoms with Gasteiger partial charge in [0.2, 0.25) is 0 Å². The Kier molecular flexibility index (Phi) is 2.80. The molecule has 0 unspecified atom stereocenters. The summed E-state index contributed by atoms with van der Waals surface area (Å²) in [6.07, 6.45) is 0. The molecular weight excluding hydrogens is 220 g/mol. The van der Waals surface area contributed by atoms with Gasteiger partial charge in [-0.3, -0.25) is 9.36 Å². The van der Waals surface area contributed by atoms with Gasteiger partial charge in [-0.2, -0.15) is 5.26 Å². The summed E-state index contributed by atoms with van der Waals surface area (Å²) in [7, 11) is 0. The van der Waals surface area contributed by atoms with Crippen LogP contribution in [0.1, 0.15) is 5.56 Å². The molecule has 0 aliphatic carbocycles. The molecule has 0 atom stereocenters. The van der Waals surface area contributed by atoms with Crippen LogP contribution in [0, 0.1) is 11.3 Å². The van der Waals surface area contributed by atoms with E-state index in [1.54, 1.807) is 12.1 Å². The van der Waals surface area contributed by atoms with E-state index in [2.05, 4.69) is 12.6 Å². The fourth-order valence-corrected chi connectivity index (χ4v) is 1.78. The fourth-order valence-electron chi connectivity index (χ4n) is 1.44. The van der Waals surface area contributed by atoms with E-state index < -0.39 is 0 Å². The molecular formula is C12H8N2OS. The highest BCUT2D eigenvalue weighted by molar-refractivity contribution is 7.80. The number of hydrogen-bond donors (Lipinski definition) is 1. The van der Waals surface area contributed by atoms with E-state index in [1.807, 2.05) is 24.3 Å². The molecule has 1 heterocycles. The largest absolute Gasteiger partial charge is 0.270 e. The van der Waals surface area contributed by atoms with E-state index in [0.717, 1.165) is 0 Å².